The van der Waals surface area contributed by atoms with E-state index in [1.807, 2.05) is 30.3 Å². The lowest BCUT2D eigenvalue weighted by atomic mass is 10.1. The molecular weight excluding hydrogens is 517 g/mol. The lowest BCUT2D eigenvalue weighted by molar-refractivity contribution is 0.0953. The Bertz CT molecular complexity index is 837. The molecule has 1 aromatic heterocycles. The van der Waals surface area contributed by atoms with Gasteiger partial charge in [-0.25, -0.2) is 15.0 Å². The van der Waals surface area contributed by atoms with Crippen LogP contribution in [0.1, 0.15) is 42.6 Å². The van der Waals surface area contributed by atoms with Gasteiger partial charge in [-0.05, 0) is 37.1 Å². The van der Waals surface area contributed by atoms with Crippen molar-refractivity contribution < 1.29 is 4.79 Å². The monoisotopic (exact) mass is 551 g/mol. The maximum atomic E-state index is 12.1. The predicted octanol–water partition coefficient (Wildman–Crippen LogP) is 2.91. The quantitative estimate of drug-likeness (QED) is 0.227. The van der Waals surface area contributed by atoms with Gasteiger partial charge in [0.25, 0.3) is 5.91 Å². The molecule has 1 aromatic carbocycles. The van der Waals surface area contributed by atoms with Crippen molar-refractivity contribution in [1.29, 1.82) is 0 Å². The number of amides is 1. The summed E-state index contributed by atoms with van der Waals surface area (Å²) in [4.78, 5) is 30.1. The Morgan fingerprint density at radius 1 is 1.03 bits per heavy atom. The lowest BCUT2D eigenvalue weighted by Gasteiger charge is -2.36. The molecule has 0 spiro atoms. The zero-order valence-electron chi connectivity index (χ0n) is 19.0. The molecule has 32 heavy (non-hydrogen) atoms. The van der Waals surface area contributed by atoms with Crippen LogP contribution in [0.15, 0.2) is 47.7 Å². The molecule has 0 bridgehead atoms. The number of hydrogen-bond donors (Lipinski definition) is 2. The molecule has 0 aliphatic carbocycles. The Labute approximate surface area is 207 Å². The third kappa shape index (κ3) is 7.61. The first kappa shape index (κ1) is 25.8. The molecule has 1 aliphatic heterocycles. The average molecular weight is 551 g/mol. The number of carbonyl (C=O) groups is 1. The van der Waals surface area contributed by atoms with Crippen LogP contribution in [-0.2, 0) is 6.54 Å². The van der Waals surface area contributed by atoms with E-state index < -0.39 is 0 Å². The predicted molar refractivity (Wildman–Crippen MR) is 140 cm³/mol. The maximum absolute atomic E-state index is 12.1. The molecule has 0 atom stereocenters. The number of guanidine groups is 1. The number of unbranched alkanes of at least 4 members (excludes halogenated alkanes) is 1. The Balaban J connectivity index is 0.00000363. The van der Waals surface area contributed by atoms with Gasteiger partial charge in [0, 0.05) is 57.2 Å². The summed E-state index contributed by atoms with van der Waals surface area (Å²) < 4.78 is 0. The number of aliphatic imine (C=N–C) groups is 1. The van der Waals surface area contributed by atoms with Gasteiger partial charge < -0.3 is 20.4 Å². The molecule has 9 heteroatoms. The highest BCUT2D eigenvalue weighted by molar-refractivity contribution is 14.0. The largest absolute Gasteiger partial charge is 0.357 e. The molecule has 0 unspecified atom stereocenters. The topological polar surface area (TPSA) is 85.8 Å². The molecule has 0 radical (unpaired) electrons. The summed E-state index contributed by atoms with van der Waals surface area (Å²) in [6.07, 6.45) is 5.62. The molecular formula is C23H34IN7O. The molecule has 2 N–H and O–H groups in total. The minimum Gasteiger partial charge on any atom is -0.357 e. The summed E-state index contributed by atoms with van der Waals surface area (Å²) in [5.41, 5.74) is 1.77. The van der Waals surface area contributed by atoms with Crippen molar-refractivity contribution in [1.82, 2.24) is 25.5 Å². The standard InChI is InChI=1S/C23H33N7O.HI/c1-3-5-11-25-21(31)20-9-7-19(8-10-20)18-28-22(24-4-2)29-14-16-30(17-15-29)23-26-12-6-13-27-23;/h6-10,12-13H,3-5,11,14-18H2,1-2H3,(H,24,28)(H,25,31);1H. The van der Waals surface area contributed by atoms with Crippen molar-refractivity contribution in [3.8, 4) is 0 Å². The summed E-state index contributed by atoms with van der Waals surface area (Å²) in [7, 11) is 0. The average Bonchev–Trinajstić information content (AvgIpc) is 2.83. The molecule has 2 heterocycles. The third-order valence-corrected chi connectivity index (χ3v) is 5.19. The van der Waals surface area contributed by atoms with Crippen LogP contribution in [0.2, 0.25) is 0 Å². The first-order valence-electron chi connectivity index (χ1n) is 11.1. The summed E-state index contributed by atoms with van der Waals surface area (Å²) in [6, 6.07) is 9.54. The summed E-state index contributed by atoms with van der Waals surface area (Å²) >= 11 is 0. The van der Waals surface area contributed by atoms with Crippen molar-refractivity contribution in [3.05, 3.63) is 53.9 Å². The molecule has 2 aromatic rings. The number of rotatable bonds is 8. The Morgan fingerprint density at radius 2 is 1.72 bits per heavy atom. The van der Waals surface area contributed by atoms with Gasteiger partial charge in [-0.3, -0.25) is 4.79 Å². The van der Waals surface area contributed by atoms with Crippen molar-refractivity contribution in [2.45, 2.75) is 33.2 Å². The highest BCUT2D eigenvalue weighted by Crippen LogP contribution is 2.11. The molecule has 174 valence electrons. The maximum Gasteiger partial charge on any atom is 0.251 e. The first-order valence-corrected chi connectivity index (χ1v) is 11.1. The van der Waals surface area contributed by atoms with Gasteiger partial charge in [-0.15, -0.1) is 24.0 Å². The molecule has 1 fully saturated rings. The lowest BCUT2D eigenvalue weighted by Crippen LogP contribution is -2.52. The molecule has 3 rings (SSSR count). The fraction of sp³-hybridized carbons (Fsp3) is 0.478. The Hall–Kier alpha value is -2.43. The van der Waals surface area contributed by atoms with E-state index in [0.29, 0.717) is 12.1 Å². The van der Waals surface area contributed by atoms with Crippen LogP contribution in [0, 0.1) is 0 Å². The Morgan fingerprint density at radius 3 is 2.34 bits per heavy atom. The first-order chi connectivity index (χ1) is 15.2. The van der Waals surface area contributed by atoms with Gasteiger partial charge in [-0.1, -0.05) is 25.5 Å². The Kier molecular flexibility index (Phi) is 11.2. The van der Waals surface area contributed by atoms with Crippen molar-refractivity contribution in [2.75, 3.05) is 44.2 Å². The highest BCUT2D eigenvalue weighted by Gasteiger charge is 2.21. The van der Waals surface area contributed by atoms with E-state index >= 15 is 0 Å². The number of hydrogen-bond acceptors (Lipinski definition) is 5. The van der Waals surface area contributed by atoms with E-state index in [1.54, 1.807) is 12.4 Å². The van der Waals surface area contributed by atoms with E-state index in [9.17, 15) is 4.79 Å². The molecule has 8 nitrogen and oxygen atoms in total. The van der Waals surface area contributed by atoms with Crippen LogP contribution in [0.25, 0.3) is 0 Å². The van der Waals surface area contributed by atoms with Crippen LogP contribution in [0.5, 0.6) is 0 Å². The normalized spacial score (nSPS) is 14.0. The van der Waals surface area contributed by atoms with Crippen LogP contribution >= 0.6 is 24.0 Å². The third-order valence-electron chi connectivity index (χ3n) is 5.19. The number of nitrogens with zero attached hydrogens (tertiary/aromatic N) is 5. The van der Waals surface area contributed by atoms with Gasteiger partial charge in [-0.2, -0.15) is 0 Å². The van der Waals surface area contributed by atoms with E-state index in [4.69, 9.17) is 4.99 Å². The van der Waals surface area contributed by atoms with Crippen molar-refractivity contribution in [3.63, 3.8) is 0 Å². The van der Waals surface area contributed by atoms with E-state index in [2.05, 4.69) is 44.2 Å². The number of benzene rings is 1. The smallest absolute Gasteiger partial charge is 0.251 e. The number of anilines is 1. The van der Waals surface area contributed by atoms with Gasteiger partial charge in [0.2, 0.25) is 5.95 Å². The van der Waals surface area contributed by atoms with Crippen molar-refractivity contribution in [2.24, 2.45) is 4.99 Å². The van der Waals surface area contributed by atoms with Gasteiger partial charge >= 0.3 is 0 Å². The van der Waals surface area contributed by atoms with E-state index in [-0.39, 0.29) is 29.9 Å². The number of aromatic nitrogens is 2. The van der Waals surface area contributed by atoms with Gasteiger partial charge in [0.15, 0.2) is 5.96 Å². The second kappa shape index (κ2) is 13.9. The molecule has 0 saturated carbocycles. The molecule has 1 saturated heterocycles. The number of carbonyl (C=O) groups excluding carboxylic acids is 1. The van der Waals surface area contributed by atoms with Crippen molar-refractivity contribution >= 4 is 41.8 Å². The van der Waals surface area contributed by atoms with Crippen LogP contribution in [-0.4, -0.2) is 66.0 Å². The fourth-order valence-electron chi connectivity index (χ4n) is 3.41. The molecule has 1 amide bonds. The van der Waals surface area contributed by atoms with E-state index in [1.165, 1.54) is 0 Å². The SMILES string of the molecule is CCCCNC(=O)c1ccc(CN=C(NCC)N2CCN(c3ncccn3)CC2)cc1.I. The van der Waals surface area contributed by atoms with Crippen LogP contribution in [0.3, 0.4) is 0 Å². The van der Waals surface area contributed by atoms with Crippen LogP contribution < -0.4 is 15.5 Å². The zero-order valence-corrected chi connectivity index (χ0v) is 21.3. The van der Waals surface area contributed by atoms with Gasteiger partial charge in [0.05, 0.1) is 6.54 Å². The second-order valence-electron chi connectivity index (χ2n) is 7.50. The zero-order chi connectivity index (χ0) is 21.9. The van der Waals surface area contributed by atoms with Crippen LogP contribution in [0.4, 0.5) is 5.95 Å². The number of piperazine rings is 1. The summed E-state index contributed by atoms with van der Waals surface area (Å²) in [5, 5.41) is 6.35. The fourth-order valence-corrected chi connectivity index (χ4v) is 3.41. The van der Waals surface area contributed by atoms with E-state index in [0.717, 1.165) is 69.6 Å². The summed E-state index contributed by atoms with van der Waals surface area (Å²) in [6.45, 7) is 9.74. The molecule has 1 aliphatic rings. The minimum absolute atomic E-state index is 0. The highest BCUT2D eigenvalue weighted by atomic mass is 127. The summed E-state index contributed by atoms with van der Waals surface area (Å²) in [5.74, 6) is 1.68. The van der Waals surface area contributed by atoms with Gasteiger partial charge in [0.1, 0.15) is 0 Å². The minimum atomic E-state index is -0.0166. The number of halogens is 1. The second-order valence-corrected chi connectivity index (χ2v) is 7.50. The number of nitrogens with one attached hydrogen (secondary N) is 2.